The summed E-state index contributed by atoms with van der Waals surface area (Å²) in [6.07, 6.45) is 1.24. The van der Waals surface area contributed by atoms with Gasteiger partial charge in [0, 0.05) is 6.21 Å². The average Bonchev–Trinajstić information content (AvgIpc) is 2.55. The maximum Gasteiger partial charge on any atom is 0.119 e. The SMILES string of the molecule is CC(C)(C)c1ccc(-c2ccc(OCCOCC=N)cc2)cc1. The Kier molecular flexibility index (Phi) is 5.94. The summed E-state index contributed by atoms with van der Waals surface area (Å²) in [5.41, 5.74) is 3.90. The van der Waals surface area contributed by atoms with E-state index in [-0.39, 0.29) is 5.41 Å². The molecule has 0 heterocycles. The van der Waals surface area contributed by atoms with Crippen LogP contribution in [0.4, 0.5) is 0 Å². The van der Waals surface area contributed by atoms with Crippen molar-refractivity contribution >= 4 is 6.21 Å². The molecule has 3 nitrogen and oxygen atoms in total. The monoisotopic (exact) mass is 311 g/mol. The number of ether oxygens (including phenoxy) is 2. The van der Waals surface area contributed by atoms with Gasteiger partial charge in [0.15, 0.2) is 0 Å². The van der Waals surface area contributed by atoms with Gasteiger partial charge < -0.3 is 14.9 Å². The van der Waals surface area contributed by atoms with Crippen LogP contribution in [0.15, 0.2) is 48.5 Å². The summed E-state index contributed by atoms with van der Waals surface area (Å²) in [4.78, 5) is 0. The molecule has 2 rings (SSSR count). The summed E-state index contributed by atoms with van der Waals surface area (Å²) >= 11 is 0. The Hall–Kier alpha value is -2.13. The van der Waals surface area contributed by atoms with Crippen molar-refractivity contribution in [3.63, 3.8) is 0 Å². The van der Waals surface area contributed by atoms with E-state index in [1.807, 2.05) is 12.1 Å². The molecule has 0 saturated heterocycles. The third-order valence-electron chi connectivity index (χ3n) is 3.64. The largest absolute Gasteiger partial charge is 0.491 e. The smallest absolute Gasteiger partial charge is 0.119 e. The maximum atomic E-state index is 6.86. The van der Waals surface area contributed by atoms with Crippen LogP contribution in [-0.4, -0.2) is 26.0 Å². The second-order valence-corrected chi connectivity index (χ2v) is 6.48. The lowest BCUT2D eigenvalue weighted by atomic mass is 9.86. The second kappa shape index (κ2) is 7.93. The minimum Gasteiger partial charge on any atom is -0.491 e. The van der Waals surface area contributed by atoms with Crippen molar-refractivity contribution in [1.82, 2.24) is 0 Å². The first-order valence-corrected chi connectivity index (χ1v) is 7.91. The fraction of sp³-hybridized carbons (Fsp3) is 0.350. The molecule has 0 aromatic heterocycles. The Labute approximate surface area is 138 Å². The topological polar surface area (TPSA) is 42.3 Å². The van der Waals surface area contributed by atoms with Crippen molar-refractivity contribution in [2.75, 3.05) is 19.8 Å². The van der Waals surface area contributed by atoms with Crippen LogP contribution in [0, 0.1) is 5.41 Å². The van der Waals surface area contributed by atoms with Crippen molar-refractivity contribution in [3.05, 3.63) is 54.1 Å². The van der Waals surface area contributed by atoms with Crippen LogP contribution in [-0.2, 0) is 10.2 Å². The number of rotatable bonds is 7. The zero-order valence-electron chi connectivity index (χ0n) is 14.1. The van der Waals surface area contributed by atoms with E-state index in [9.17, 15) is 0 Å². The third kappa shape index (κ3) is 5.22. The molecule has 0 spiro atoms. The zero-order valence-corrected chi connectivity index (χ0v) is 14.1. The quantitative estimate of drug-likeness (QED) is 0.595. The van der Waals surface area contributed by atoms with Gasteiger partial charge in [-0.25, -0.2) is 0 Å². The maximum absolute atomic E-state index is 6.86. The highest BCUT2D eigenvalue weighted by Gasteiger charge is 2.12. The predicted molar refractivity (Wildman–Crippen MR) is 95.7 cm³/mol. The molecule has 0 fully saturated rings. The fourth-order valence-electron chi connectivity index (χ4n) is 2.27. The number of hydrogen-bond acceptors (Lipinski definition) is 3. The van der Waals surface area contributed by atoms with Crippen molar-refractivity contribution in [1.29, 1.82) is 5.41 Å². The molecule has 0 aliphatic heterocycles. The van der Waals surface area contributed by atoms with Crippen molar-refractivity contribution in [3.8, 4) is 16.9 Å². The Balaban J connectivity index is 1.95. The van der Waals surface area contributed by atoms with Crippen LogP contribution >= 0.6 is 0 Å². The highest BCUT2D eigenvalue weighted by molar-refractivity contribution is 5.64. The molecule has 0 aliphatic rings. The van der Waals surface area contributed by atoms with E-state index in [1.165, 1.54) is 22.9 Å². The highest BCUT2D eigenvalue weighted by Crippen LogP contribution is 2.27. The Bertz CT molecular complexity index is 610. The average molecular weight is 311 g/mol. The summed E-state index contributed by atoms with van der Waals surface area (Å²) in [7, 11) is 0. The minimum atomic E-state index is 0.177. The highest BCUT2D eigenvalue weighted by atomic mass is 16.5. The molecule has 2 aromatic rings. The second-order valence-electron chi connectivity index (χ2n) is 6.48. The molecule has 0 aliphatic carbocycles. The Morgan fingerprint density at radius 2 is 1.43 bits per heavy atom. The first-order chi connectivity index (χ1) is 11.0. The first-order valence-electron chi connectivity index (χ1n) is 7.91. The van der Waals surface area contributed by atoms with Crippen LogP contribution in [0.2, 0.25) is 0 Å². The molecule has 1 N–H and O–H groups in total. The van der Waals surface area contributed by atoms with Crippen LogP contribution < -0.4 is 4.74 Å². The van der Waals surface area contributed by atoms with Gasteiger partial charge in [0.05, 0.1) is 13.2 Å². The number of benzene rings is 2. The van der Waals surface area contributed by atoms with Crippen LogP contribution in [0.25, 0.3) is 11.1 Å². The number of hydrogen-bond donors (Lipinski definition) is 1. The van der Waals surface area contributed by atoms with Crippen LogP contribution in [0.3, 0.4) is 0 Å². The molecule has 2 aromatic carbocycles. The zero-order chi connectivity index (χ0) is 16.7. The first kappa shape index (κ1) is 17.2. The van der Waals surface area contributed by atoms with E-state index >= 15 is 0 Å². The van der Waals surface area contributed by atoms with Crippen molar-refractivity contribution in [2.45, 2.75) is 26.2 Å². The van der Waals surface area contributed by atoms with E-state index in [1.54, 1.807) is 0 Å². The fourth-order valence-corrected chi connectivity index (χ4v) is 2.27. The Morgan fingerprint density at radius 1 is 0.870 bits per heavy atom. The van der Waals surface area contributed by atoms with Crippen LogP contribution in [0.5, 0.6) is 5.75 Å². The van der Waals surface area contributed by atoms with E-state index < -0.39 is 0 Å². The van der Waals surface area contributed by atoms with Gasteiger partial charge in [-0.05, 0) is 34.2 Å². The van der Waals surface area contributed by atoms with Gasteiger partial charge in [-0.3, -0.25) is 0 Å². The van der Waals surface area contributed by atoms with Gasteiger partial charge in [-0.15, -0.1) is 0 Å². The molecule has 0 radical (unpaired) electrons. The standard InChI is InChI=1S/C20H25NO2/c1-20(2,3)18-8-4-16(5-9-18)17-6-10-19(11-7-17)23-15-14-22-13-12-21/h4-12,21H,13-15H2,1-3H3. The molecular weight excluding hydrogens is 286 g/mol. The van der Waals surface area contributed by atoms with Gasteiger partial charge in [0.25, 0.3) is 0 Å². The van der Waals surface area contributed by atoms with E-state index in [4.69, 9.17) is 14.9 Å². The molecule has 3 heteroatoms. The Morgan fingerprint density at radius 3 is 1.96 bits per heavy atom. The third-order valence-corrected chi connectivity index (χ3v) is 3.64. The lowest BCUT2D eigenvalue weighted by Crippen LogP contribution is -2.10. The van der Waals surface area contributed by atoms with Gasteiger partial charge in [-0.1, -0.05) is 57.2 Å². The molecule has 122 valence electrons. The molecule has 0 atom stereocenters. The van der Waals surface area contributed by atoms with Crippen molar-refractivity contribution < 1.29 is 9.47 Å². The molecule has 0 unspecified atom stereocenters. The molecule has 0 saturated carbocycles. The minimum absolute atomic E-state index is 0.177. The summed E-state index contributed by atoms with van der Waals surface area (Å²) in [5, 5.41) is 6.86. The lowest BCUT2D eigenvalue weighted by molar-refractivity contribution is 0.129. The predicted octanol–water partition coefficient (Wildman–Crippen LogP) is 4.70. The molecular formula is C20H25NO2. The normalized spacial score (nSPS) is 11.3. The summed E-state index contributed by atoms with van der Waals surface area (Å²) < 4.78 is 10.8. The summed E-state index contributed by atoms with van der Waals surface area (Å²) in [6.45, 7) is 7.99. The van der Waals surface area contributed by atoms with Gasteiger partial charge in [0.1, 0.15) is 12.4 Å². The summed E-state index contributed by atoms with van der Waals surface area (Å²) in [6, 6.07) is 16.8. The molecule has 0 amide bonds. The lowest BCUT2D eigenvalue weighted by Gasteiger charge is -2.19. The molecule has 0 bridgehead atoms. The van der Waals surface area contributed by atoms with Gasteiger partial charge in [-0.2, -0.15) is 0 Å². The summed E-state index contributed by atoms with van der Waals surface area (Å²) in [5.74, 6) is 0.832. The van der Waals surface area contributed by atoms with E-state index in [2.05, 4.69) is 57.2 Å². The van der Waals surface area contributed by atoms with Gasteiger partial charge >= 0.3 is 0 Å². The number of nitrogens with one attached hydrogen (secondary N) is 1. The van der Waals surface area contributed by atoms with E-state index in [0.29, 0.717) is 19.8 Å². The van der Waals surface area contributed by atoms with E-state index in [0.717, 1.165) is 5.75 Å². The molecule has 23 heavy (non-hydrogen) atoms. The van der Waals surface area contributed by atoms with Crippen LogP contribution in [0.1, 0.15) is 26.3 Å². The van der Waals surface area contributed by atoms with Crippen molar-refractivity contribution in [2.24, 2.45) is 0 Å². The van der Waals surface area contributed by atoms with Gasteiger partial charge in [0.2, 0.25) is 0 Å².